The average Bonchev–Trinajstić information content (AvgIpc) is 2.64. The monoisotopic (exact) mass is 338 g/mol. The van der Waals surface area contributed by atoms with Gasteiger partial charge in [-0.05, 0) is 57.6 Å². The molecule has 1 aromatic carbocycles. The maximum absolute atomic E-state index is 13.0. The third kappa shape index (κ3) is 4.37. The first-order valence-electron chi connectivity index (χ1n) is 8.88. The largest absolute Gasteiger partial charge is 0.384 e. The van der Waals surface area contributed by atoms with Crippen molar-refractivity contribution in [2.75, 3.05) is 43.9 Å². The number of nitrogens with zero attached hydrogens (tertiary/aromatic N) is 3. The van der Waals surface area contributed by atoms with Gasteiger partial charge in [0, 0.05) is 31.2 Å². The molecule has 0 bridgehead atoms. The van der Waals surface area contributed by atoms with Crippen LogP contribution < -0.4 is 10.2 Å². The Kier molecular flexibility index (Phi) is 5.66. The zero-order chi connectivity index (χ0) is 17.6. The standard InChI is InChI=1S/C20H26N4O/c1-23(2)11-6-10-22-18-13-17(14-21-15-18)20(25)24-12-5-8-16-7-3-4-9-19(16)24/h3-4,7,9,13-15,22H,5-6,8,10-12H2,1-2H3. The van der Waals surface area contributed by atoms with Gasteiger partial charge in [-0.15, -0.1) is 0 Å². The van der Waals surface area contributed by atoms with E-state index in [9.17, 15) is 4.79 Å². The summed E-state index contributed by atoms with van der Waals surface area (Å²) in [6.07, 6.45) is 6.51. The molecule has 2 heterocycles. The smallest absolute Gasteiger partial charge is 0.259 e. The predicted octanol–water partition coefficient (Wildman–Crippen LogP) is 3.04. The molecule has 2 aromatic rings. The fourth-order valence-electron chi connectivity index (χ4n) is 3.18. The van der Waals surface area contributed by atoms with Crippen LogP contribution in [0.2, 0.25) is 0 Å². The number of hydrogen-bond acceptors (Lipinski definition) is 4. The molecule has 0 saturated heterocycles. The van der Waals surface area contributed by atoms with Gasteiger partial charge in [0.05, 0.1) is 11.3 Å². The number of carbonyl (C=O) groups is 1. The molecule has 5 nitrogen and oxygen atoms in total. The van der Waals surface area contributed by atoms with E-state index in [2.05, 4.69) is 35.4 Å². The lowest BCUT2D eigenvalue weighted by atomic mass is 10.0. The fourth-order valence-corrected chi connectivity index (χ4v) is 3.18. The van der Waals surface area contributed by atoms with Gasteiger partial charge in [0.15, 0.2) is 0 Å². The summed E-state index contributed by atoms with van der Waals surface area (Å²) in [5, 5.41) is 3.36. The van der Waals surface area contributed by atoms with Crippen molar-refractivity contribution in [2.45, 2.75) is 19.3 Å². The van der Waals surface area contributed by atoms with Crippen LogP contribution in [0.4, 0.5) is 11.4 Å². The van der Waals surface area contributed by atoms with Crippen molar-refractivity contribution in [1.29, 1.82) is 0 Å². The second-order valence-corrected chi connectivity index (χ2v) is 6.73. The molecule has 0 atom stereocenters. The van der Waals surface area contributed by atoms with Gasteiger partial charge in [0.2, 0.25) is 0 Å². The van der Waals surface area contributed by atoms with Crippen LogP contribution in [0.3, 0.4) is 0 Å². The quantitative estimate of drug-likeness (QED) is 0.823. The van der Waals surface area contributed by atoms with Gasteiger partial charge >= 0.3 is 0 Å². The Hall–Kier alpha value is -2.40. The molecule has 1 N–H and O–H groups in total. The Balaban J connectivity index is 1.70. The minimum absolute atomic E-state index is 0.0246. The van der Waals surface area contributed by atoms with E-state index in [1.54, 1.807) is 12.4 Å². The number of nitrogens with one attached hydrogen (secondary N) is 1. The van der Waals surface area contributed by atoms with Crippen molar-refractivity contribution < 1.29 is 4.79 Å². The summed E-state index contributed by atoms with van der Waals surface area (Å²) in [7, 11) is 4.13. The number of anilines is 2. The van der Waals surface area contributed by atoms with Gasteiger partial charge in [-0.3, -0.25) is 9.78 Å². The van der Waals surface area contributed by atoms with Gasteiger partial charge in [0.1, 0.15) is 0 Å². The van der Waals surface area contributed by atoms with E-state index in [0.717, 1.165) is 50.3 Å². The number of pyridine rings is 1. The molecule has 0 unspecified atom stereocenters. The first kappa shape index (κ1) is 17.4. The number of aryl methyl sites for hydroxylation is 1. The highest BCUT2D eigenvalue weighted by Gasteiger charge is 2.23. The van der Waals surface area contributed by atoms with Crippen molar-refractivity contribution in [3.8, 4) is 0 Å². The van der Waals surface area contributed by atoms with E-state index in [-0.39, 0.29) is 5.91 Å². The molecule has 0 radical (unpaired) electrons. The van der Waals surface area contributed by atoms with Gasteiger partial charge in [-0.25, -0.2) is 0 Å². The van der Waals surface area contributed by atoms with E-state index < -0.39 is 0 Å². The van der Waals surface area contributed by atoms with Crippen LogP contribution in [0.1, 0.15) is 28.8 Å². The zero-order valence-electron chi connectivity index (χ0n) is 15.0. The maximum Gasteiger partial charge on any atom is 0.259 e. The van der Waals surface area contributed by atoms with Crippen LogP contribution in [0.25, 0.3) is 0 Å². The Labute approximate surface area is 149 Å². The van der Waals surface area contributed by atoms with Gasteiger partial charge in [-0.2, -0.15) is 0 Å². The topological polar surface area (TPSA) is 48.5 Å². The molecule has 132 valence electrons. The van der Waals surface area contributed by atoms with Crippen molar-refractivity contribution >= 4 is 17.3 Å². The molecule has 0 spiro atoms. The van der Waals surface area contributed by atoms with Crippen LogP contribution >= 0.6 is 0 Å². The van der Waals surface area contributed by atoms with E-state index in [1.165, 1.54) is 5.56 Å². The van der Waals surface area contributed by atoms with Crippen molar-refractivity contribution in [2.24, 2.45) is 0 Å². The summed E-state index contributed by atoms with van der Waals surface area (Å²) in [5.74, 6) is 0.0246. The highest BCUT2D eigenvalue weighted by molar-refractivity contribution is 6.07. The molecule has 5 heteroatoms. The summed E-state index contributed by atoms with van der Waals surface area (Å²) in [5.41, 5.74) is 3.81. The summed E-state index contributed by atoms with van der Waals surface area (Å²) < 4.78 is 0. The van der Waals surface area contributed by atoms with Gasteiger partial charge in [-0.1, -0.05) is 18.2 Å². The number of amides is 1. The molecule has 1 aliphatic rings. The van der Waals surface area contributed by atoms with E-state index in [4.69, 9.17) is 0 Å². The number of fused-ring (bicyclic) bond motifs is 1. The number of hydrogen-bond donors (Lipinski definition) is 1. The highest BCUT2D eigenvalue weighted by Crippen LogP contribution is 2.28. The lowest BCUT2D eigenvalue weighted by Gasteiger charge is -2.29. The summed E-state index contributed by atoms with van der Waals surface area (Å²) in [6, 6.07) is 10.1. The second-order valence-electron chi connectivity index (χ2n) is 6.73. The number of carbonyl (C=O) groups excluding carboxylic acids is 1. The minimum atomic E-state index is 0.0246. The SMILES string of the molecule is CN(C)CCCNc1cncc(C(=O)N2CCCc3ccccc32)c1. The summed E-state index contributed by atoms with van der Waals surface area (Å²) in [4.78, 5) is 21.3. The lowest BCUT2D eigenvalue weighted by Crippen LogP contribution is -2.35. The minimum Gasteiger partial charge on any atom is -0.384 e. The number of benzene rings is 1. The maximum atomic E-state index is 13.0. The van der Waals surface area contributed by atoms with Crippen LogP contribution in [0, 0.1) is 0 Å². The second kappa shape index (κ2) is 8.12. The molecule has 25 heavy (non-hydrogen) atoms. The zero-order valence-corrected chi connectivity index (χ0v) is 15.0. The molecule has 0 saturated carbocycles. The van der Waals surface area contributed by atoms with Crippen molar-refractivity contribution in [3.05, 3.63) is 53.9 Å². The number of aromatic nitrogens is 1. The molecule has 0 aliphatic carbocycles. The normalized spacial score (nSPS) is 13.6. The van der Waals surface area contributed by atoms with E-state index in [0.29, 0.717) is 5.56 Å². The summed E-state index contributed by atoms with van der Waals surface area (Å²) >= 11 is 0. The Morgan fingerprint density at radius 3 is 2.96 bits per heavy atom. The first-order valence-corrected chi connectivity index (χ1v) is 8.88. The number of para-hydroxylation sites is 1. The van der Waals surface area contributed by atoms with Crippen molar-refractivity contribution in [1.82, 2.24) is 9.88 Å². The highest BCUT2D eigenvalue weighted by atomic mass is 16.2. The van der Waals surface area contributed by atoms with Crippen LogP contribution in [-0.4, -0.2) is 49.5 Å². The number of rotatable bonds is 6. The molecule has 3 rings (SSSR count). The summed E-state index contributed by atoms with van der Waals surface area (Å²) in [6.45, 7) is 2.66. The first-order chi connectivity index (χ1) is 12.1. The van der Waals surface area contributed by atoms with E-state index >= 15 is 0 Å². The van der Waals surface area contributed by atoms with Gasteiger partial charge < -0.3 is 15.1 Å². The molecular weight excluding hydrogens is 312 g/mol. The molecule has 0 fully saturated rings. The van der Waals surface area contributed by atoms with Gasteiger partial charge in [0.25, 0.3) is 5.91 Å². The predicted molar refractivity (Wildman–Crippen MR) is 102 cm³/mol. The average molecular weight is 338 g/mol. The third-order valence-corrected chi connectivity index (χ3v) is 4.45. The Morgan fingerprint density at radius 2 is 2.12 bits per heavy atom. The lowest BCUT2D eigenvalue weighted by molar-refractivity contribution is 0.0985. The molecular formula is C20H26N4O. The molecule has 1 amide bonds. The van der Waals surface area contributed by atoms with Crippen LogP contribution in [0.15, 0.2) is 42.7 Å². The third-order valence-electron chi connectivity index (χ3n) is 4.45. The Morgan fingerprint density at radius 1 is 1.28 bits per heavy atom. The molecule has 1 aromatic heterocycles. The fraction of sp³-hybridized carbons (Fsp3) is 0.400. The van der Waals surface area contributed by atoms with Crippen molar-refractivity contribution in [3.63, 3.8) is 0 Å². The van der Waals surface area contributed by atoms with E-state index in [1.807, 2.05) is 29.2 Å². The Bertz CT molecular complexity index is 729. The molecule has 1 aliphatic heterocycles. The van der Waals surface area contributed by atoms with Crippen LogP contribution in [0.5, 0.6) is 0 Å². The van der Waals surface area contributed by atoms with Crippen LogP contribution in [-0.2, 0) is 6.42 Å².